The molecule has 2 aromatic carbocycles. The summed E-state index contributed by atoms with van der Waals surface area (Å²) in [6, 6.07) is 9.99. The van der Waals surface area contributed by atoms with Gasteiger partial charge in [0.15, 0.2) is 18.1 Å². The molecule has 0 saturated carbocycles. The van der Waals surface area contributed by atoms with E-state index in [1.807, 2.05) is 20.8 Å². The van der Waals surface area contributed by atoms with Crippen LogP contribution in [0.15, 0.2) is 41.3 Å². The second-order valence-corrected chi connectivity index (χ2v) is 9.83. The Bertz CT molecular complexity index is 1100. The number of anilines is 1. The van der Waals surface area contributed by atoms with E-state index >= 15 is 0 Å². The summed E-state index contributed by atoms with van der Waals surface area (Å²) in [5, 5.41) is 3.52. The highest BCUT2D eigenvalue weighted by Crippen LogP contribution is 2.35. The standard InChI is InChI=1S/C23H22Cl2N2O4S2/c1-4-30-19-7-14(8-20-22(29)27(13(2)3)23(32)33-20)5-6-18(19)31-12-21(28)26-17-10-15(24)9-16(25)11-17/h5-11,13H,4,12H2,1-3H3,(H,26,28)/b20-8-. The average Bonchev–Trinajstić information content (AvgIpc) is 3.00. The third kappa shape index (κ3) is 6.63. The van der Waals surface area contributed by atoms with Crippen molar-refractivity contribution in [2.45, 2.75) is 26.8 Å². The van der Waals surface area contributed by atoms with Crippen molar-refractivity contribution in [1.82, 2.24) is 4.90 Å². The van der Waals surface area contributed by atoms with Crippen molar-refractivity contribution in [1.29, 1.82) is 0 Å². The quantitative estimate of drug-likeness (QED) is 0.336. The van der Waals surface area contributed by atoms with Gasteiger partial charge in [0, 0.05) is 21.8 Å². The van der Waals surface area contributed by atoms with E-state index in [-0.39, 0.29) is 24.5 Å². The molecule has 1 saturated heterocycles. The first-order valence-corrected chi connectivity index (χ1v) is 12.1. The number of rotatable bonds is 8. The third-order valence-electron chi connectivity index (χ3n) is 4.41. The number of benzene rings is 2. The van der Waals surface area contributed by atoms with Gasteiger partial charge in [-0.1, -0.05) is 53.2 Å². The summed E-state index contributed by atoms with van der Waals surface area (Å²) in [4.78, 5) is 27.1. The Morgan fingerprint density at radius 3 is 2.45 bits per heavy atom. The Labute approximate surface area is 212 Å². The van der Waals surface area contributed by atoms with Gasteiger partial charge in [-0.3, -0.25) is 14.5 Å². The molecule has 0 atom stereocenters. The lowest BCUT2D eigenvalue weighted by molar-refractivity contribution is -0.123. The van der Waals surface area contributed by atoms with Gasteiger partial charge in [0.2, 0.25) is 0 Å². The highest BCUT2D eigenvalue weighted by atomic mass is 35.5. The number of carbonyl (C=O) groups is 2. The lowest BCUT2D eigenvalue weighted by Gasteiger charge is -2.18. The Hall–Kier alpha value is -2.26. The van der Waals surface area contributed by atoms with Crippen molar-refractivity contribution in [2.75, 3.05) is 18.5 Å². The number of amides is 2. The summed E-state index contributed by atoms with van der Waals surface area (Å²) >= 11 is 18.5. The topological polar surface area (TPSA) is 67.9 Å². The number of halogens is 2. The van der Waals surface area contributed by atoms with Crippen molar-refractivity contribution < 1.29 is 19.1 Å². The number of nitrogens with one attached hydrogen (secondary N) is 1. The number of hydrogen-bond acceptors (Lipinski definition) is 6. The van der Waals surface area contributed by atoms with Gasteiger partial charge in [-0.25, -0.2) is 0 Å². The van der Waals surface area contributed by atoms with Crippen molar-refractivity contribution in [3.05, 3.63) is 56.9 Å². The van der Waals surface area contributed by atoms with E-state index in [0.29, 0.717) is 43.1 Å². The molecule has 2 amide bonds. The van der Waals surface area contributed by atoms with E-state index in [1.165, 1.54) is 11.8 Å². The molecule has 10 heteroatoms. The maximum absolute atomic E-state index is 12.6. The summed E-state index contributed by atoms with van der Waals surface area (Å²) in [5.41, 5.74) is 1.23. The predicted molar refractivity (Wildman–Crippen MR) is 138 cm³/mol. The second kappa shape index (κ2) is 11.2. The molecule has 2 aromatic rings. The van der Waals surface area contributed by atoms with Gasteiger partial charge in [0.05, 0.1) is 11.5 Å². The summed E-state index contributed by atoms with van der Waals surface area (Å²) in [6.07, 6.45) is 1.77. The molecule has 1 heterocycles. The lowest BCUT2D eigenvalue weighted by Crippen LogP contribution is -2.34. The van der Waals surface area contributed by atoms with Crippen LogP contribution in [-0.2, 0) is 9.59 Å². The Kier molecular flexibility index (Phi) is 8.64. The van der Waals surface area contributed by atoms with E-state index in [1.54, 1.807) is 47.4 Å². The number of carbonyl (C=O) groups excluding carboxylic acids is 2. The van der Waals surface area contributed by atoms with E-state index in [0.717, 1.165) is 5.56 Å². The van der Waals surface area contributed by atoms with E-state index in [4.69, 9.17) is 44.9 Å². The first-order valence-electron chi connectivity index (χ1n) is 10.1. The normalized spacial score (nSPS) is 14.8. The zero-order chi connectivity index (χ0) is 24.1. The van der Waals surface area contributed by atoms with Crippen LogP contribution in [-0.4, -0.2) is 40.3 Å². The van der Waals surface area contributed by atoms with Crippen LogP contribution in [0.3, 0.4) is 0 Å². The summed E-state index contributed by atoms with van der Waals surface area (Å²) in [5.74, 6) is 0.375. The molecule has 1 aliphatic heterocycles. The minimum Gasteiger partial charge on any atom is -0.490 e. The zero-order valence-corrected chi connectivity index (χ0v) is 21.3. The molecule has 1 aliphatic rings. The number of hydrogen-bond donors (Lipinski definition) is 1. The molecular formula is C23H22Cl2N2O4S2. The van der Waals surface area contributed by atoms with Gasteiger partial charge >= 0.3 is 0 Å². The van der Waals surface area contributed by atoms with Crippen LogP contribution in [0.5, 0.6) is 11.5 Å². The Morgan fingerprint density at radius 2 is 1.85 bits per heavy atom. The fourth-order valence-electron chi connectivity index (χ4n) is 3.04. The molecule has 1 N–H and O–H groups in total. The highest BCUT2D eigenvalue weighted by Gasteiger charge is 2.33. The van der Waals surface area contributed by atoms with Crippen LogP contribution >= 0.6 is 47.2 Å². The monoisotopic (exact) mass is 524 g/mol. The van der Waals surface area contributed by atoms with Crippen molar-refractivity contribution in [3.63, 3.8) is 0 Å². The van der Waals surface area contributed by atoms with Crippen LogP contribution < -0.4 is 14.8 Å². The van der Waals surface area contributed by atoms with Crippen LogP contribution in [0.1, 0.15) is 26.3 Å². The van der Waals surface area contributed by atoms with Crippen molar-refractivity contribution in [2.24, 2.45) is 0 Å². The number of nitrogens with zero attached hydrogens (tertiary/aromatic N) is 1. The number of thioether (sulfide) groups is 1. The first kappa shape index (κ1) is 25.4. The minimum absolute atomic E-state index is 0.00718. The van der Waals surface area contributed by atoms with Crippen LogP contribution in [0.2, 0.25) is 10.0 Å². The highest BCUT2D eigenvalue weighted by molar-refractivity contribution is 8.26. The smallest absolute Gasteiger partial charge is 0.266 e. The Morgan fingerprint density at radius 1 is 1.15 bits per heavy atom. The molecule has 0 unspecified atom stereocenters. The fraction of sp³-hybridized carbons (Fsp3) is 0.261. The summed E-state index contributed by atoms with van der Waals surface area (Å²) < 4.78 is 11.9. The molecule has 174 valence electrons. The van der Waals surface area contributed by atoms with Gasteiger partial charge in [0.1, 0.15) is 4.32 Å². The fourth-order valence-corrected chi connectivity index (χ4v) is 5.09. The maximum atomic E-state index is 12.6. The Balaban J connectivity index is 1.71. The molecule has 1 fully saturated rings. The predicted octanol–water partition coefficient (Wildman–Crippen LogP) is 6.02. The molecule has 0 radical (unpaired) electrons. The van der Waals surface area contributed by atoms with Crippen molar-refractivity contribution in [3.8, 4) is 11.5 Å². The van der Waals surface area contributed by atoms with E-state index in [9.17, 15) is 9.59 Å². The molecule has 0 bridgehead atoms. The average molecular weight is 525 g/mol. The molecule has 3 rings (SSSR count). The largest absolute Gasteiger partial charge is 0.490 e. The first-order chi connectivity index (χ1) is 15.7. The maximum Gasteiger partial charge on any atom is 0.266 e. The second-order valence-electron chi connectivity index (χ2n) is 7.28. The van der Waals surface area contributed by atoms with Gasteiger partial charge in [-0.2, -0.15) is 0 Å². The van der Waals surface area contributed by atoms with E-state index < -0.39 is 0 Å². The van der Waals surface area contributed by atoms with Gasteiger partial charge in [-0.15, -0.1) is 0 Å². The zero-order valence-electron chi connectivity index (χ0n) is 18.2. The number of thiocarbonyl (C=S) groups is 1. The van der Waals surface area contributed by atoms with Gasteiger partial charge in [-0.05, 0) is 62.7 Å². The van der Waals surface area contributed by atoms with Crippen molar-refractivity contribution >= 4 is 75.1 Å². The molecule has 0 aliphatic carbocycles. The van der Waals surface area contributed by atoms with Gasteiger partial charge < -0.3 is 14.8 Å². The van der Waals surface area contributed by atoms with Gasteiger partial charge in [0.25, 0.3) is 11.8 Å². The summed E-state index contributed by atoms with van der Waals surface area (Å²) in [7, 11) is 0. The molecule has 33 heavy (non-hydrogen) atoms. The molecular weight excluding hydrogens is 503 g/mol. The van der Waals surface area contributed by atoms with Crippen LogP contribution in [0.4, 0.5) is 5.69 Å². The third-order valence-corrected chi connectivity index (χ3v) is 6.18. The molecule has 0 spiro atoms. The number of ether oxygens (including phenoxy) is 2. The van der Waals surface area contributed by atoms with Crippen LogP contribution in [0.25, 0.3) is 6.08 Å². The lowest BCUT2D eigenvalue weighted by atomic mass is 10.1. The summed E-state index contributed by atoms with van der Waals surface area (Å²) in [6.45, 7) is 5.85. The van der Waals surface area contributed by atoms with E-state index in [2.05, 4.69) is 5.32 Å². The molecule has 0 aromatic heterocycles. The minimum atomic E-state index is -0.378. The SMILES string of the molecule is CCOc1cc(/C=C2\SC(=S)N(C(C)C)C2=O)ccc1OCC(=O)Nc1cc(Cl)cc(Cl)c1. The van der Waals surface area contributed by atoms with Crippen LogP contribution in [0, 0.1) is 0 Å². The molecule has 6 nitrogen and oxygen atoms in total.